The van der Waals surface area contributed by atoms with Crippen molar-refractivity contribution in [1.29, 1.82) is 0 Å². The summed E-state index contributed by atoms with van der Waals surface area (Å²) in [7, 11) is 0. The Morgan fingerprint density at radius 1 is 0.964 bits per heavy atom. The highest BCUT2D eigenvalue weighted by Crippen LogP contribution is 2.36. The monoisotopic (exact) mass is 438 g/mol. The number of nitrogens with zero attached hydrogens (tertiary/aromatic N) is 4. The van der Waals surface area contributed by atoms with E-state index < -0.39 is 0 Å². The summed E-state index contributed by atoms with van der Waals surface area (Å²) in [6.45, 7) is 13.0. The molecule has 4 rings (SSSR count). The number of fused-ring (bicyclic) bond motifs is 3. The molecule has 0 fully saturated rings. The van der Waals surface area contributed by atoms with E-state index in [1.165, 1.54) is 22.1 Å². The maximum absolute atomic E-state index is 5.01. The zero-order chi connectivity index (χ0) is 20.2. The van der Waals surface area contributed by atoms with Gasteiger partial charge in [0.1, 0.15) is 5.65 Å². The Hall–Kier alpha value is -2.14. The van der Waals surface area contributed by atoms with E-state index in [-0.39, 0.29) is 0 Å². The first-order valence-corrected chi connectivity index (χ1v) is 10.8. The van der Waals surface area contributed by atoms with Crippen LogP contribution in [0, 0.1) is 27.7 Å². The molecule has 3 heterocycles. The first-order chi connectivity index (χ1) is 13.4. The highest BCUT2D eigenvalue weighted by Gasteiger charge is 2.22. The molecular formula is C23H27BrN4. The van der Waals surface area contributed by atoms with Crippen LogP contribution in [-0.2, 0) is 0 Å². The van der Waals surface area contributed by atoms with Crippen molar-refractivity contribution >= 4 is 32.6 Å². The summed E-state index contributed by atoms with van der Waals surface area (Å²) in [5, 5.41) is 6.15. The van der Waals surface area contributed by atoms with Gasteiger partial charge in [0.15, 0.2) is 5.65 Å². The van der Waals surface area contributed by atoms with Crippen molar-refractivity contribution in [2.45, 2.75) is 60.4 Å². The van der Waals surface area contributed by atoms with Gasteiger partial charge in [-0.2, -0.15) is 9.61 Å². The minimum absolute atomic E-state index is 0.464. The Kier molecular flexibility index (Phi) is 4.82. The third-order valence-electron chi connectivity index (χ3n) is 5.87. The molecule has 0 unspecified atom stereocenters. The maximum Gasteiger partial charge on any atom is 0.165 e. The molecule has 1 aromatic carbocycles. The van der Waals surface area contributed by atoms with E-state index in [1.807, 2.05) is 0 Å². The fourth-order valence-electron chi connectivity index (χ4n) is 4.50. The highest BCUT2D eigenvalue weighted by molar-refractivity contribution is 9.10. The van der Waals surface area contributed by atoms with Gasteiger partial charge in [0.2, 0.25) is 0 Å². The molecule has 28 heavy (non-hydrogen) atoms. The number of hydrogen-bond donors (Lipinski definition) is 0. The molecule has 4 aromatic rings. The minimum Gasteiger partial charge on any atom is -0.329 e. The predicted molar refractivity (Wildman–Crippen MR) is 120 cm³/mol. The smallest absolute Gasteiger partial charge is 0.165 e. The molecule has 0 aliphatic heterocycles. The van der Waals surface area contributed by atoms with Crippen LogP contribution in [0.3, 0.4) is 0 Å². The van der Waals surface area contributed by atoms with Crippen molar-refractivity contribution in [3.8, 4) is 11.1 Å². The van der Waals surface area contributed by atoms with Crippen LogP contribution in [0.1, 0.15) is 55.2 Å². The molecule has 5 heteroatoms. The number of benzene rings is 1. The van der Waals surface area contributed by atoms with Crippen LogP contribution in [0.4, 0.5) is 0 Å². The first-order valence-electron chi connectivity index (χ1n) is 10.0. The SMILES string of the molecule is CCC(CC)n1ccc2c(C)nc3c(-c4c(C)cc(Br)cc4C)c(C)nn3c21. The molecule has 0 radical (unpaired) electrons. The molecule has 3 aromatic heterocycles. The lowest BCUT2D eigenvalue weighted by atomic mass is 9.96. The predicted octanol–water partition coefficient (Wildman–Crippen LogP) is 6.71. The van der Waals surface area contributed by atoms with E-state index >= 15 is 0 Å². The summed E-state index contributed by atoms with van der Waals surface area (Å²) in [5.74, 6) is 0. The molecule has 0 N–H and O–H groups in total. The van der Waals surface area contributed by atoms with Crippen LogP contribution in [0.2, 0.25) is 0 Å². The topological polar surface area (TPSA) is 35.1 Å². The van der Waals surface area contributed by atoms with Crippen LogP contribution in [0.5, 0.6) is 0 Å². The molecule has 0 bridgehead atoms. The Morgan fingerprint density at radius 3 is 2.21 bits per heavy atom. The Balaban J connectivity index is 2.12. The molecule has 0 aliphatic rings. The number of halogens is 1. The number of hydrogen-bond acceptors (Lipinski definition) is 2. The van der Waals surface area contributed by atoms with Crippen molar-refractivity contribution < 1.29 is 0 Å². The van der Waals surface area contributed by atoms with Gasteiger partial charge in [0.25, 0.3) is 0 Å². The van der Waals surface area contributed by atoms with Gasteiger partial charge in [-0.05, 0) is 75.4 Å². The Labute approximate surface area is 174 Å². The maximum atomic E-state index is 5.01. The van der Waals surface area contributed by atoms with Gasteiger partial charge in [-0.25, -0.2) is 4.98 Å². The average molecular weight is 439 g/mol. The summed E-state index contributed by atoms with van der Waals surface area (Å²) in [4.78, 5) is 5.01. The third kappa shape index (κ3) is 2.79. The van der Waals surface area contributed by atoms with Crippen molar-refractivity contribution in [1.82, 2.24) is 19.2 Å². The van der Waals surface area contributed by atoms with E-state index in [0.29, 0.717) is 6.04 Å². The Bertz CT molecular complexity index is 1170. The molecule has 146 valence electrons. The summed E-state index contributed by atoms with van der Waals surface area (Å²) in [5.41, 5.74) is 9.03. The van der Waals surface area contributed by atoms with Crippen molar-refractivity contribution in [3.63, 3.8) is 0 Å². The van der Waals surface area contributed by atoms with Gasteiger partial charge in [0.05, 0.1) is 17.0 Å². The van der Waals surface area contributed by atoms with Gasteiger partial charge < -0.3 is 4.57 Å². The van der Waals surface area contributed by atoms with E-state index in [9.17, 15) is 0 Å². The summed E-state index contributed by atoms with van der Waals surface area (Å²) in [6, 6.07) is 6.99. The van der Waals surface area contributed by atoms with Gasteiger partial charge >= 0.3 is 0 Å². The molecule has 0 spiro atoms. The molecular weight excluding hydrogens is 412 g/mol. The van der Waals surface area contributed by atoms with Gasteiger partial charge in [-0.15, -0.1) is 0 Å². The molecule has 0 saturated carbocycles. The van der Waals surface area contributed by atoms with E-state index in [0.717, 1.165) is 45.6 Å². The van der Waals surface area contributed by atoms with Crippen LogP contribution in [0.15, 0.2) is 28.9 Å². The van der Waals surface area contributed by atoms with Crippen LogP contribution >= 0.6 is 15.9 Å². The number of aryl methyl sites for hydroxylation is 4. The lowest BCUT2D eigenvalue weighted by Crippen LogP contribution is -2.09. The van der Waals surface area contributed by atoms with Crippen LogP contribution in [-0.4, -0.2) is 19.2 Å². The number of rotatable bonds is 4. The first kappa shape index (κ1) is 19.2. The normalized spacial score (nSPS) is 12.0. The quantitative estimate of drug-likeness (QED) is 0.354. The fraction of sp³-hybridized carbons (Fsp3) is 0.391. The Morgan fingerprint density at radius 2 is 1.61 bits per heavy atom. The lowest BCUT2D eigenvalue weighted by molar-refractivity contribution is 0.480. The second kappa shape index (κ2) is 7.03. The number of aromatic nitrogens is 4. The highest BCUT2D eigenvalue weighted by atomic mass is 79.9. The average Bonchev–Trinajstić information content (AvgIpc) is 3.19. The molecule has 0 amide bonds. The summed E-state index contributed by atoms with van der Waals surface area (Å²) in [6.07, 6.45) is 4.39. The van der Waals surface area contributed by atoms with Gasteiger partial charge in [0, 0.05) is 22.1 Å². The van der Waals surface area contributed by atoms with Gasteiger partial charge in [-0.1, -0.05) is 29.8 Å². The van der Waals surface area contributed by atoms with Crippen molar-refractivity contribution in [2.24, 2.45) is 0 Å². The molecule has 4 nitrogen and oxygen atoms in total. The largest absolute Gasteiger partial charge is 0.329 e. The second-order valence-electron chi connectivity index (χ2n) is 7.74. The van der Waals surface area contributed by atoms with Crippen LogP contribution in [0.25, 0.3) is 27.8 Å². The lowest BCUT2D eigenvalue weighted by Gasteiger charge is -2.17. The second-order valence-corrected chi connectivity index (χ2v) is 8.65. The minimum atomic E-state index is 0.464. The molecule has 0 aliphatic carbocycles. The van der Waals surface area contributed by atoms with Crippen LogP contribution < -0.4 is 0 Å². The van der Waals surface area contributed by atoms with E-state index in [2.05, 4.69) is 91.0 Å². The molecule has 0 saturated heterocycles. The summed E-state index contributed by atoms with van der Waals surface area (Å²) >= 11 is 3.62. The van der Waals surface area contributed by atoms with E-state index in [4.69, 9.17) is 10.1 Å². The fourth-order valence-corrected chi connectivity index (χ4v) is 5.19. The standard InChI is InChI=1S/C23H27BrN4/c1-7-18(8-2)27-10-9-19-15(5)25-22-21(16(6)26-28(22)23(19)27)20-13(3)11-17(24)12-14(20)4/h9-12,18H,7-8H2,1-6H3. The van der Waals surface area contributed by atoms with Crippen molar-refractivity contribution in [3.05, 3.63) is 51.4 Å². The molecule has 0 atom stereocenters. The third-order valence-corrected chi connectivity index (χ3v) is 6.33. The van der Waals surface area contributed by atoms with Gasteiger partial charge in [-0.3, -0.25) is 0 Å². The van der Waals surface area contributed by atoms with Crippen molar-refractivity contribution in [2.75, 3.05) is 0 Å². The zero-order valence-electron chi connectivity index (χ0n) is 17.5. The zero-order valence-corrected chi connectivity index (χ0v) is 19.1. The van der Waals surface area contributed by atoms with E-state index in [1.54, 1.807) is 0 Å². The summed E-state index contributed by atoms with van der Waals surface area (Å²) < 4.78 is 5.55.